The number of carbonyl (C=O) groups is 1. The number of pyridine rings is 1. The number of ether oxygens (including phenoxy) is 2. The number of benzene rings is 1. The average molecular weight is 444 g/mol. The summed E-state index contributed by atoms with van der Waals surface area (Å²) in [5.41, 5.74) is 2.79. The molecule has 31 heavy (non-hydrogen) atoms. The van der Waals surface area contributed by atoms with Gasteiger partial charge in [-0.2, -0.15) is 4.31 Å². The van der Waals surface area contributed by atoms with Gasteiger partial charge in [-0.1, -0.05) is 6.07 Å². The van der Waals surface area contributed by atoms with Crippen molar-refractivity contribution in [2.45, 2.75) is 44.5 Å². The van der Waals surface area contributed by atoms with Crippen molar-refractivity contribution in [2.24, 2.45) is 0 Å². The Bertz CT molecular complexity index is 1190. The first kappa shape index (κ1) is 21.5. The topological polar surface area (TPSA) is 90.2 Å². The molecule has 0 bridgehead atoms. The van der Waals surface area contributed by atoms with Crippen molar-refractivity contribution in [1.82, 2.24) is 13.7 Å². The Hall–Kier alpha value is -2.75. The maximum absolute atomic E-state index is 12.9. The largest absolute Gasteiger partial charge is 0.456 e. The van der Waals surface area contributed by atoms with Crippen molar-refractivity contribution in [3.63, 3.8) is 0 Å². The van der Waals surface area contributed by atoms with E-state index >= 15 is 0 Å². The van der Waals surface area contributed by atoms with Crippen LogP contribution in [0.2, 0.25) is 0 Å². The summed E-state index contributed by atoms with van der Waals surface area (Å²) in [5.74, 6) is -0.536. The SMILES string of the molecule is Cc1ccc2nc(COC(=O)c3ccc(S(=O)(=O)N4CC(C)OC(C)C4)cc3)cn2c1. The van der Waals surface area contributed by atoms with E-state index in [1.807, 2.05) is 49.7 Å². The zero-order valence-corrected chi connectivity index (χ0v) is 18.5. The summed E-state index contributed by atoms with van der Waals surface area (Å²) in [4.78, 5) is 17.0. The van der Waals surface area contributed by atoms with Crippen LogP contribution in [0.15, 0.2) is 53.7 Å². The number of imidazole rings is 1. The lowest BCUT2D eigenvalue weighted by Crippen LogP contribution is -2.48. The number of sulfonamides is 1. The van der Waals surface area contributed by atoms with Gasteiger partial charge in [-0.25, -0.2) is 18.2 Å². The lowest BCUT2D eigenvalue weighted by atomic mass is 10.2. The van der Waals surface area contributed by atoms with Crippen LogP contribution in [0.25, 0.3) is 5.65 Å². The molecule has 164 valence electrons. The van der Waals surface area contributed by atoms with Gasteiger partial charge in [0.15, 0.2) is 0 Å². The molecule has 0 amide bonds. The number of fused-ring (bicyclic) bond motifs is 1. The Morgan fingerprint density at radius 1 is 1.10 bits per heavy atom. The first-order valence-electron chi connectivity index (χ1n) is 10.1. The minimum absolute atomic E-state index is 0.0309. The van der Waals surface area contributed by atoms with E-state index < -0.39 is 16.0 Å². The fraction of sp³-hybridized carbons (Fsp3) is 0.364. The molecule has 3 aromatic rings. The normalized spacial score (nSPS) is 20.1. The van der Waals surface area contributed by atoms with Crippen LogP contribution in [0.3, 0.4) is 0 Å². The standard InChI is InChI=1S/C22H25N3O5S/c1-15-4-9-21-23-19(13-24(21)10-15)14-29-22(26)18-5-7-20(8-6-18)31(27,28)25-11-16(2)30-17(3)12-25/h4-10,13,16-17H,11-12,14H2,1-3H3. The number of esters is 1. The van der Waals surface area contributed by atoms with Crippen LogP contribution < -0.4 is 0 Å². The monoisotopic (exact) mass is 443 g/mol. The van der Waals surface area contributed by atoms with Crippen LogP contribution in [-0.2, 0) is 26.1 Å². The van der Waals surface area contributed by atoms with Crippen molar-refractivity contribution >= 4 is 21.6 Å². The van der Waals surface area contributed by atoms with E-state index in [0.29, 0.717) is 18.8 Å². The third-order valence-electron chi connectivity index (χ3n) is 5.11. The highest BCUT2D eigenvalue weighted by Crippen LogP contribution is 2.22. The minimum atomic E-state index is -3.66. The van der Waals surface area contributed by atoms with Crippen LogP contribution in [0.4, 0.5) is 0 Å². The van der Waals surface area contributed by atoms with Gasteiger partial charge in [-0.15, -0.1) is 0 Å². The molecule has 9 heteroatoms. The molecule has 0 radical (unpaired) electrons. The van der Waals surface area contributed by atoms with E-state index in [1.54, 1.807) is 0 Å². The molecule has 1 aromatic carbocycles. The molecule has 8 nitrogen and oxygen atoms in total. The molecular formula is C22H25N3O5S. The number of hydrogen-bond acceptors (Lipinski definition) is 6. The number of nitrogens with zero attached hydrogens (tertiary/aromatic N) is 3. The number of hydrogen-bond donors (Lipinski definition) is 0. The summed E-state index contributed by atoms with van der Waals surface area (Å²) in [5, 5.41) is 0. The van der Waals surface area contributed by atoms with E-state index in [9.17, 15) is 13.2 Å². The quantitative estimate of drug-likeness (QED) is 0.564. The third-order valence-corrected chi connectivity index (χ3v) is 6.96. The Morgan fingerprint density at radius 2 is 1.77 bits per heavy atom. The summed E-state index contributed by atoms with van der Waals surface area (Å²) in [6, 6.07) is 9.67. The van der Waals surface area contributed by atoms with Crippen molar-refractivity contribution < 1.29 is 22.7 Å². The fourth-order valence-corrected chi connectivity index (χ4v) is 5.28. The van der Waals surface area contributed by atoms with Crippen LogP contribution in [0.1, 0.15) is 35.5 Å². The second kappa shape index (κ2) is 8.41. The number of aryl methyl sites for hydroxylation is 1. The lowest BCUT2D eigenvalue weighted by Gasteiger charge is -2.34. The average Bonchev–Trinajstić information content (AvgIpc) is 3.13. The van der Waals surface area contributed by atoms with Crippen LogP contribution in [0, 0.1) is 6.92 Å². The second-order valence-corrected chi connectivity index (χ2v) is 9.82. The molecular weight excluding hydrogens is 418 g/mol. The van der Waals surface area contributed by atoms with Gasteiger partial charge >= 0.3 is 5.97 Å². The molecule has 1 saturated heterocycles. The van der Waals surface area contributed by atoms with Crippen molar-refractivity contribution in [3.8, 4) is 0 Å². The summed E-state index contributed by atoms with van der Waals surface area (Å²) >= 11 is 0. The van der Waals surface area contributed by atoms with Crippen molar-refractivity contribution in [3.05, 3.63) is 65.6 Å². The Morgan fingerprint density at radius 3 is 2.45 bits per heavy atom. The molecule has 1 aliphatic rings. The van der Waals surface area contributed by atoms with Crippen LogP contribution in [-0.4, -0.2) is 53.4 Å². The number of aromatic nitrogens is 2. The summed E-state index contributed by atoms with van der Waals surface area (Å²) in [6.07, 6.45) is 3.42. The van der Waals surface area contributed by atoms with Gasteiger partial charge in [0.1, 0.15) is 12.3 Å². The number of carbonyl (C=O) groups excluding carboxylic acids is 1. The summed E-state index contributed by atoms with van der Waals surface area (Å²) < 4.78 is 40.1. The lowest BCUT2D eigenvalue weighted by molar-refractivity contribution is -0.0440. The van der Waals surface area contributed by atoms with E-state index in [1.165, 1.54) is 28.6 Å². The first-order valence-corrected chi connectivity index (χ1v) is 11.5. The zero-order valence-electron chi connectivity index (χ0n) is 17.7. The maximum Gasteiger partial charge on any atom is 0.338 e. The van der Waals surface area contributed by atoms with Crippen molar-refractivity contribution in [2.75, 3.05) is 13.1 Å². The van der Waals surface area contributed by atoms with Gasteiger partial charge < -0.3 is 13.9 Å². The number of morpholine rings is 1. The molecule has 1 aliphatic heterocycles. The molecule has 0 aliphatic carbocycles. The second-order valence-electron chi connectivity index (χ2n) is 7.88. The van der Waals surface area contributed by atoms with Gasteiger partial charge in [0.2, 0.25) is 10.0 Å². The van der Waals surface area contributed by atoms with E-state index in [-0.39, 0.29) is 29.3 Å². The fourth-order valence-electron chi connectivity index (χ4n) is 3.69. The molecule has 3 heterocycles. The van der Waals surface area contributed by atoms with Crippen LogP contribution >= 0.6 is 0 Å². The Balaban J connectivity index is 1.42. The highest BCUT2D eigenvalue weighted by atomic mass is 32.2. The highest BCUT2D eigenvalue weighted by Gasteiger charge is 2.32. The van der Waals surface area contributed by atoms with Gasteiger partial charge in [-0.3, -0.25) is 0 Å². The van der Waals surface area contributed by atoms with E-state index in [2.05, 4.69) is 4.98 Å². The predicted molar refractivity (Wildman–Crippen MR) is 114 cm³/mol. The molecule has 0 N–H and O–H groups in total. The van der Waals surface area contributed by atoms with Gasteiger partial charge in [-0.05, 0) is 56.7 Å². The molecule has 0 spiro atoms. The molecule has 1 fully saturated rings. The molecule has 4 rings (SSSR count). The summed E-state index contributed by atoms with van der Waals surface area (Å²) in [7, 11) is -3.66. The Kier molecular flexibility index (Phi) is 5.83. The summed E-state index contributed by atoms with van der Waals surface area (Å²) in [6.45, 7) is 6.32. The molecule has 2 unspecified atom stereocenters. The maximum atomic E-state index is 12.9. The Labute approximate surface area is 181 Å². The minimum Gasteiger partial charge on any atom is -0.456 e. The smallest absolute Gasteiger partial charge is 0.338 e. The van der Waals surface area contributed by atoms with Gasteiger partial charge in [0, 0.05) is 25.5 Å². The molecule has 2 atom stereocenters. The van der Waals surface area contributed by atoms with Gasteiger partial charge in [0.05, 0.1) is 28.4 Å². The molecule has 2 aromatic heterocycles. The van der Waals surface area contributed by atoms with E-state index in [0.717, 1.165) is 11.2 Å². The molecule has 0 saturated carbocycles. The number of rotatable bonds is 5. The third kappa shape index (κ3) is 4.63. The van der Waals surface area contributed by atoms with Crippen molar-refractivity contribution in [1.29, 1.82) is 0 Å². The van der Waals surface area contributed by atoms with Gasteiger partial charge in [0.25, 0.3) is 0 Å². The predicted octanol–water partition coefficient (Wildman–Crippen LogP) is 2.80. The highest BCUT2D eigenvalue weighted by molar-refractivity contribution is 7.89. The van der Waals surface area contributed by atoms with E-state index in [4.69, 9.17) is 9.47 Å². The van der Waals surface area contributed by atoms with Crippen LogP contribution in [0.5, 0.6) is 0 Å². The zero-order chi connectivity index (χ0) is 22.2. The first-order chi connectivity index (χ1) is 14.7.